The molecule has 0 atom stereocenters. The Morgan fingerprint density at radius 2 is 1.67 bits per heavy atom. The Bertz CT molecular complexity index is 784. The maximum Gasteiger partial charge on any atom is 0.136 e. The van der Waals surface area contributed by atoms with Gasteiger partial charge in [-0.3, -0.25) is 0 Å². The molecule has 0 amide bonds. The molecule has 0 spiro atoms. The molecule has 0 aliphatic carbocycles. The zero-order valence-corrected chi connectivity index (χ0v) is 11.3. The molecular formula is C16H14OS. The second-order valence-electron chi connectivity index (χ2n) is 4.84. The van der Waals surface area contributed by atoms with Crippen LogP contribution in [0.25, 0.3) is 21.9 Å². The highest BCUT2D eigenvalue weighted by molar-refractivity contribution is 7.72. The number of para-hydroxylation sites is 1. The summed E-state index contributed by atoms with van der Waals surface area (Å²) in [4.78, 5) is 0. The molecule has 0 aliphatic rings. The molecule has 0 N–H and O–H groups in total. The minimum Gasteiger partial charge on any atom is -0.456 e. The highest BCUT2D eigenvalue weighted by Crippen LogP contribution is 2.27. The first-order chi connectivity index (χ1) is 8.66. The van der Waals surface area contributed by atoms with Crippen molar-refractivity contribution in [2.24, 2.45) is 0 Å². The quantitative estimate of drug-likeness (QED) is 0.424. The van der Waals surface area contributed by atoms with Gasteiger partial charge in [-0.15, -0.1) is 0 Å². The second-order valence-corrected chi connectivity index (χ2v) is 5.25. The van der Waals surface area contributed by atoms with Gasteiger partial charge in [0.25, 0.3) is 0 Å². The summed E-state index contributed by atoms with van der Waals surface area (Å²) in [5.41, 5.74) is 3.01. The molecule has 3 rings (SSSR count). The van der Waals surface area contributed by atoms with Gasteiger partial charge in [0.1, 0.15) is 11.2 Å². The highest BCUT2D eigenvalue weighted by atomic mass is 32.1. The summed E-state index contributed by atoms with van der Waals surface area (Å²) in [6.07, 6.45) is 0. The summed E-state index contributed by atoms with van der Waals surface area (Å²) in [6, 6.07) is 14.2. The molecule has 90 valence electrons. The van der Waals surface area contributed by atoms with Gasteiger partial charge in [-0.1, -0.05) is 44.3 Å². The smallest absolute Gasteiger partial charge is 0.136 e. The van der Waals surface area contributed by atoms with Crippen LogP contribution in [0.3, 0.4) is 0 Å². The van der Waals surface area contributed by atoms with Gasteiger partial charge in [0.05, 0.1) is 4.51 Å². The largest absolute Gasteiger partial charge is 0.456 e. The van der Waals surface area contributed by atoms with E-state index in [1.54, 1.807) is 0 Å². The van der Waals surface area contributed by atoms with E-state index in [0.29, 0.717) is 5.92 Å². The summed E-state index contributed by atoms with van der Waals surface area (Å²) >= 11 is 5.58. The number of hydrogen-bond acceptors (Lipinski definition) is 2. The van der Waals surface area contributed by atoms with Crippen LogP contribution in [-0.4, -0.2) is 0 Å². The van der Waals surface area contributed by atoms with Crippen molar-refractivity contribution in [3.8, 4) is 0 Å². The summed E-state index contributed by atoms with van der Waals surface area (Å²) < 4.78 is 6.78. The van der Waals surface area contributed by atoms with E-state index in [1.165, 1.54) is 5.56 Å². The van der Waals surface area contributed by atoms with Crippen molar-refractivity contribution in [1.82, 2.24) is 0 Å². The molecule has 0 fully saturated rings. The Morgan fingerprint density at radius 1 is 0.944 bits per heavy atom. The SMILES string of the molecule is CC(C)c1ccc2oc3ccccc3c(=S)c2c1. The topological polar surface area (TPSA) is 13.1 Å². The second kappa shape index (κ2) is 4.21. The van der Waals surface area contributed by atoms with Crippen LogP contribution in [0.2, 0.25) is 0 Å². The van der Waals surface area contributed by atoms with E-state index in [-0.39, 0.29) is 0 Å². The van der Waals surface area contributed by atoms with Gasteiger partial charge in [0.15, 0.2) is 0 Å². The monoisotopic (exact) mass is 254 g/mol. The molecule has 0 aliphatic heterocycles. The average molecular weight is 254 g/mol. The standard InChI is InChI=1S/C16H14OS/c1-10(2)11-7-8-15-13(9-11)16(18)12-5-3-4-6-14(12)17-15/h3-10H,1-2H3. The van der Waals surface area contributed by atoms with E-state index >= 15 is 0 Å². The van der Waals surface area contributed by atoms with Crippen molar-refractivity contribution in [2.45, 2.75) is 19.8 Å². The van der Waals surface area contributed by atoms with Crippen LogP contribution in [0.4, 0.5) is 0 Å². The van der Waals surface area contributed by atoms with Crippen molar-refractivity contribution < 1.29 is 4.42 Å². The summed E-state index contributed by atoms with van der Waals surface area (Å²) in [5.74, 6) is 0.496. The molecule has 3 aromatic rings. The van der Waals surface area contributed by atoms with Crippen molar-refractivity contribution in [2.75, 3.05) is 0 Å². The minimum absolute atomic E-state index is 0.496. The lowest BCUT2D eigenvalue weighted by atomic mass is 10.0. The van der Waals surface area contributed by atoms with Crippen molar-refractivity contribution >= 4 is 34.2 Å². The van der Waals surface area contributed by atoms with E-state index in [4.69, 9.17) is 16.6 Å². The molecular weight excluding hydrogens is 240 g/mol. The number of rotatable bonds is 1. The van der Waals surface area contributed by atoms with Crippen LogP contribution in [-0.2, 0) is 0 Å². The fourth-order valence-corrected chi connectivity index (χ4v) is 2.51. The summed E-state index contributed by atoms with van der Waals surface area (Å²) in [7, 11) is 0. The van der Waals surface area contributed by atoms with Gasteiger partial charge in [-0.2, -0.15) is 0 Å². The Morgan fingerprint density at radius 3 is 2.44 bits per heavy atom. The van der Waals surface area contributed by atoms with Crippen molar-refractivity contribution in [3.05, 3.63) is 52.5 Å². The van der Waals surface area contributed by atoms with Gasteiger partial charge in [-0.05, 0) is 35.7 Å². The predicted molar refractivity (Wildman–Crippen MR) is 78.6 cm³/mol. The maximum absolute atomic E-state index is 5.90. The first kappa shape index (κ1) is 11.4. The number of fused-ring (bicyclic) bond motifs is 2. The highest BCUT2D eigenvalue weighted by Gasteiger charge is 2.06. The van der Waals surface area contributed by atoms with Crippen molar-refractivity contribution in [3.63, 3.8) is 0 Å². The molecule has 0 saturated heterocycles. The molecule has 2 aromatic carbocycles. The Hall–Kier alpha value is -1.67. The van der Waals surface area contributed by atoms with Gasteiger partial charge in [-0.25, -0.2) is 0 Å². The maximum atomic E-state index is 5.90. The van der Waals surface area contributed by atoms with Crippen LogP contribution in [0.1, 0.15) is 25.3 Å². The zero-order valence-electron chi connectivity index (χ0n) is 10.4. The van der Waals surface area contributed by atoms with Gasteiger partial charge >= 0.3 is 0 Å². The van der Waals surface area contributed by atoms with E-state index in [0.717, 1.165) is 26.4 Å². The molecule has 18 heavy (non-hydrogen) atoms. The van der Waals surface area contributed by atoms with E-state index in [1.807, 2.05) is 30.3 Å². The summed E-state index contributed by atoms with van der Waals surface area (Å²) in [5, 5.41) is 2.05. The fourth-order valence-electron chi connectivity index (χ4n) is 2.18. The molecule has 0 bridgehead atoms. The molecule has 0 unspecified atom stereocenters. The van der Waals surface area contributed by atoms with Crippen molar-refractivity contribution in [1.29, 1.82) is 0 Å². The fraction of sp³-hybridized carbons (Fsp3) is 0.188. The molecule has 0 radical (unpaired) electrons. The lowest BCUT2D eigenvalue weighted by Gasteiger charge is -2.07. The first-order valence-corrected chi connectivity index (χ1v) is 6.53. The lowest BCUT2D eigenvalue weighted by molar-refractivity contribution is 0.660. The third-order valence-electron chi connectivity index (χ3n) is 3.27. The van der Waals surface area contributed by atoms with E-state index in [9.17, 15) is 0 Å². The van der Waals surface area contributed by atoms with E-state index in [2.05, 4.69) is 26.0 Å². The van der Waals surface area contributed by atoms with Gasteiger partial charge < -0.3 is 4.42 Å². The third kappa shape index (κ3) is 1.73. The van der Waals surface area contributed by atoms with Crippen LogP contribution in [0.15, 0.2) is 46.9 Å². The molecule has 1 nitrogen and oxygen atoms in total. The zero-order chi connectivity index (χ0) is 12.7. The normalized spacial score (nSPS) is 11.5. The average Bonchev–Trinajstić information content (AvgIpc) is 2.38. The van der Waals surface area contributed by atoms with Crippen LogP contribution >= 0.6 is 12.2 Å². The number of benzene rings is 2. The molecule has 2 heteroatoms. The van der Waals surface area contributed by atoms with Gasteiger partial charge in [0, 0.05) is 10.8 Å². The molecule has 1 heterocycles. The Kier molecular flexibility index (Phi) is 2.67. The third-order valence-corrected chi connectivity index (χ3v) is 3.71. The van der Waals surface area contributed by atoms with Gasteiger partial charge in [0.2, 0.25) is 0 Å². The predicted octanol–water partition coefficient (Wildman–Crippen LogP) is 5.44. The first-order valence-electron chi connectivity index (χ1n) is 6.12. The summed E-state index contributed by atoms with van der Waals surface area (Å²) in [6.45, 7) is 4.37. The van der Waals surface area contributed by atoms with Crippen LogP contribution in [0, 0.1) is 4.51 Å². The molecule has 1 aromatic heterocycles. The van der Waals surface area contributed by atoms with E-state index < -0.39 is 0 Å². The van der Waals surface area contributed by atoms with Crippen LogP contribution in [0.5, 0.6) is 0 Å². The Balaban J connectivity index is 2.45. The minimum atomic E-state index is 0.496. The molecule has 0 saturated carbocycles. The Labute approximate surface area is 111 Å². The number of hydrogen-bond donors (Lipinski definition) is 0. The van der Waals surface area contributed by atoms with Crippen LogP contribution < -0.4 is 0 Å². The lowest BCUT2D eigenvalue weighted by Crippen LogP contribution is -1.87.